The number of nitro groups is 1. The third-order valence-corrected chi connectivity index (χ3v) is 4.13. The quantitative estimate of drug-likeness (QED) is 0.602. The van der Waals surface area contributed by atoms with Crippen molar-refractivity contribution in [1.82, 2.24) is 0 Å². The Kier molecular flexibility index (Phi) is 5.16. The lowest BCUT2D eigenvalue weighted by Crippen LogP contribution is -2.29. The van der Waals surface area contributed by atoms with Gasteiger partial charge in [-0.25, -0.2) is 0 Å². The maximum absolute atomic E-state index is 12.3. The van der Waals surface area contributed by atoms with E-state index >= 15 is 0 Å². The summed E-state index contributed by atoms with van der Waals surface area (Å²) in [6, 6.07) is 9.31. The molecule has 0 saturated carbocycles. The van der Waals surface area contributed by atoms with E-state index in [2.05, 4.69) is 5.32 Å². The van der Waals surface area contributed by atoms with Crippen LogP contribution in [0.15, 0.2) is 48.5 Å². The van der Waals surface area contributed by atoms with Crippen LogP contribution in [-0.4, -0.2) is 24.8 Å². The molecule has 0 spiro atoms. The summed E-state index contributed by atoms with van der Waals surface area (Å²) in [7, 11) is -5.54. The van der Waals surface area contributed by atoms with Gasteiger partial charge in [0.25, 0.3) is 11.6 Å². The molecule has 138 valence electrons. The number of nitro benzene ring substituents is 1. The highest BCUT2D eigenvalue weighted by molar-refractivity contribution is 7.93. The molecule has 0 aromatic heterocycles. The minimum atomic E-state index is -5.54. The molecule has 0 fully saturated rings. The largest absolute Gasteiger partial charge is 0.516 e. The van der Waals surface area contributed by atoms with Crippen molar-refractivity contribution in [2.24, 2.45) is 0 Å². The Morgan fingerprint density at radius 3 is 2.15 bits per heavy atom. The van der Waals surface area contributed by atoms with Crippen molar-refractivity contribution in [3.05, 3.63) is 64.2 Å². The molecule has 0 aliphatic heterocycles. The Balaban J connectivity index is 2.11. The summed E-state index contributed by atoms with van der Waals surface area (Å²) in [6.07, 6.45) is 0. The lowest BCUT2D eigenvalue weighted by molar-refractivity contribution is -0.384. The summed E-state index contributed by atoms with van der Waals surface area (Å²) in [5.74, 6) is -0.683. The number of halogens is 3. The van der Waals surface area contributed by atoms with Crippen LogP contribution in [0.3, 0.4) is 0 Å². The molecule has 2 aromatic carbocycles. The zero-order valence-corrected chi connectivity index (χ0v) is 13.5. The number of anilines is 2. The minimum absolute atomic E-state index is 0.000973. The molecule has 0 aliphatic carbocycles. The fourth-order valence-corrected chi connectivity index (χ4v) is 2.36. The number of amides is 1. The first-order valence-electron chi connectivity index (χ1n) is 6.74. The Bertz CT molecular complexity index is 943. The molecule has 2 N–H and O–H groups in total. The molecule has 2 aromatic rings. The van der Waals surface area contributed by atoms with Crippen LogP contribution in [0.1, 0.15) is 10.4 Å². The summed E-state index contributed by atoms with van der Waals surface area (Å²) in [5, 5.41) is 13.1. The van der Waals surface area contributed by atoms with Crippen LogP contribution in [0.4, 0.5) is 30.2 Å². The highest BCUT2D eigenvalue weighted by Crippen LogP contribution is 2.26. The van der Waals surface area contributed by atoms with Crippen LogP contribution in [-0.2, 0) is 10.0 Å². The maximum Gasteiger partial charge on any atom is 0.516 e. The molecule has 12 heteroatoms. The first-order chi connectivity index (χ1) is 12.0. The highest BCUT2D eigenvalue weighted by atomic mass is 32.2. The fourth-order valence-electron chi connectivity index (χ4n) is 1.80. The zero-order valence-electron chi connectivity index (χ0n) is 12.6. The molecule has 1 amide bonds. The lowest BCUT2D eigenvalue weighted by atomic mass is 10.2. The van der Waals surface area contributed by atoms with E-state index in [-0.39, 0.29) is 22.6 Å². The van der Waals surface area contributed by atoms with Gasteiger partial charge in [-0.15, -0.1) is 0 Å². The Morgan fingerprint density at radius 1 is 1.04 bits per heavy atom. The number of carbonyl (C=O) groups excluding carboxylic acids is 1. The Hall–Kier alpha value is -3.15. The molecule has 0 radical (unpaired) electrons. The van der Waals surface area contributed by atoms with Crippen LogP contribution >= 0.6 is 0 Å². The SMILES string of the molecule is O=C(Nc1ccc(NS(=O)(=O)C(F)(F)F)cc1)c1cccc([N+](=O)[O-])c1. The molecule has 26 heavy (non-hydrogen) atoms. The molecule has 0 unspecified atom stereocenters. The molecule has 0 heterocycles. The van der Waals surface area contributed by atoms with Crippen molar-refractivity contribution in [2.45, 2.75) is 5.51 Å². The number of rotatable bonds is 5. The number of sulfonamides is 1. The van der Waals surface area contributed by atoms with E-state index in [1.807, 2.05) is 0 Å². The number of nitrogens with zero attached hydrogens (tertiary/aromatic N) is 1. The fraction of sp³-hybridized carbons (Fsp3) is 0.0714. The number of benzene rings is 2. The smallest absolute Gasteiger partial charge is 0.322 e. The highest BCUT2D eigenvalue weighted by Gasteiger charge is 2.46. The maximum atomic E-state index is 12.3. The van der Waals surface area contributed by atoms with Crippen LogP contribution in [0.2, 0.25) is 0 Å². The van der Waals surface area contributed by atoms with Gasteiger partial charge in [0.15, 0.2) is 0 Å². The van der Waals surface area contributed by atoms with Gasteiger partial charge in [-0.1, -0.05) is 6.07 Å². The van der Waals surface area contributed by atoms with E-state index in [4.69, 9.17) is 0 Å². The number of alkyl halides is 3. The average Bonchev–Trinajstić information content (AvgIpc) is 2.55. The summed E-state index contributed by atoms with van der Waals surface area (Å²) in [4.78, 5) is 22.1. The summed E-state index contributed by atoms with van der Waals surface area (Å²) in [6.45, 7) is 0. The number of non-ortho nitro benzene ring substituents is 1. The van der Waals surface area contributed by atoms with E-state index in [1.54, 1.807) is 0 Å². The van der Waals surface area contributed by atoms with Crippen LogP contribution in [0.5, 0.6) is 0 Å². The average molecular weight is 389 g/mol. The van der Waals surface area contributed by atoms with E-state index in [0.29, 0.717) is 0 Å². The first kappa shape index (κ1) is 19.2. The van der Waals surface area contributed by atoms with Gasteiger partial charge < -0.3 is 5.32 Å². The van der Waals surface area contributed by atoms with Crippen molar-refractivity contribution in [2.75, 3.05) is 10.0 Å². The Labute approximate surface area is 144 Å². The third-order valence-electron chi connectivity index (χ3n) is 3.02. The van der Waals surface area contributed by atoms with Crippen molar-refractivity contribution in [1.29, 1.82) is 0 Å². The van der Waals surface area contributed by atoms with E-state index in [0.717, 1.165) is 18.2 Å². The normalized spacial score (nSPS) is 11.7. The van der Waals surface area contributed by atoms with Gasteiger partial charge >= 0.3 is 15.5 Å². The van der Waals surface area contributed by atoms with Crippen molar-refractivity contribution in [3.8, 4) is 0 Å². The molecule has 0 aliphatic rings. The van der Waals surface area contributed by atoms with Crippen LogP contribution in [0.25, 0.3) is 0 Å². The summed E-state index contributed by atoms with van der Waals surface area (Å²) in [5.41, 5.74) is -5.94. The molecule has 0 atom stereocenters. The van der Waals surface area contributed by atoms with E-state index < -0.39 is 26.4 Å². The summed E-state index contributed by atoms with van der Waals surface area (Å²) >= 11 is 0. The summed E-state index contributed by atoms with van der Waals surface area (Å²) < 4.78 is 60.2. The molecule has 0 bridgehead atoms. The molecular formula is C14H10F3N3O5S. The standard InChI is InChI=1S/C14H10F3N3O5S/c15-14(16,17)26(24,25)19-11-6-4-10(5-7-11)18-13(21)9-2-1-3-12(8-9)20(22)23/h1-8,19H,(H,18,21). The number of hydrogen-bond acceptors (Lipinski definition) is 5. The second kappa shape index (κ2) is 7.00. The number of nitrogens with one attached hydrogen (secondary N) is 2. The first-order valence-corrected chi connectivity index (χ1v) is 8.23. The predicted octanol–water partition coefficient (Wildman–Crippen LogP) is 3.11. The predicted molar refractivity (Wildman–Crippen MR) is 86.1 cm³/mol. The van der Waals surface area contributed by atoms with Crippen LogP contribution < -0.4 is 10.0 Å². The second-order valence-electron chi connectivity index (χ2n) is 4.89. The van der Waals surface area contributed by atoms with Gasteiger partial charge in [0, 0.05) is 29.1 Å². The van der Waals surface area contributed by atoms with Gasteiger partial charge in [0.05, 0.1) is 4.92 Å². The second-order valence-corrected chi connectivity index (χ2v) is 6.56. The lowest BCUT2D eigenvalue weighted by Gasteiger charge is -2.11. The van der Waals surface area contributed by atoms with Gasteiger partial charge in [0.1, 0.15) is 0 Å². The van der Waals surface area contributed by atoms with Crippen LogP contribution in [0, 0.1) is 10.1 Å². The van der Waals surface area contributed by atoms with Gasteiger partial charge in [-0.3, -0.25) is 19.6 Å². The number of carbonyl (C=O) groups is 1. The van der Waals surface area contributed by atoms with E-state index in [9.17, 15) is 36.5 Å². The van der Waals surface area contributed by atoms with Crippen molar-refractivity contribution < 1.29 is 31.3 Å². The molecule has 0 saturated heterocycles. The molecule has 2 rings (SSSR count). The van der Waals surface area contributed by atoms with Crippen molar-refractivity contribution >= 4 is 33.0 Å². The van der Waals surface area contributed by atoms with E-state index in [1.165, 1.54) is 35.1 Å². The van der Waals surface area contributed by atoms with Gasteiger partial charge in [-0.05, 0) is 30.3 Å². The van der Waals surface area contributed by atoms with Gasteiger partial charge in [-0.2, -0.15) is 21.6 Å². The molecule has 8 nitrogen and oxygen atoms in total. The number of hydrogen-bond donors (Lipinski definition) is 2. The topological polar surface area (TPSA) is 118 Å². The Morgan fingerprint density at radius 2 is 1.62 bits per heavy atom. The van der Waals surface area contributed by atoms with Crippen molar-refractivity contribution in [3.63, 3.8) is 0 Å². The zero-order chi connectivity index (χ0) is 19.5. The third kappa shape index (κ3) is 4.47. The minimum Gasteiger partial charge on any atom is -0.322 e. The molecular weight excluding hydrogens is 379 g/mol. The van der Waals surface area contributed by atoms with Gasteiger partial charge in [0.2, 0.25) is 0 Å². The monoisotopic (exact) mass is 389 g/mol.